The quantitative estimate of drug-likeness (QED) is 0.768. The van der Waals surface area contributed by atoms with E-state index in [4.69, 9.17) is 0 Å². The van der Waals surface area contributed by atoms with Gasteiger partial charge in [0.05, 0.1) is 17.4 Å². The third kappa shape index (κ3) is 2.62. The topological polar surface area (TPSA) is 34.0 Å². The molecule has 128 valence electrons. The lowest BCUT2D eigenvalue weighted by atomic mass is 9.53. The Morgan fingerprint density at radius 1 is 1.12 bits per heavy atom. The summed E-state index contributed by atoms with van der Waals surface area (Å²) in [5, 5.41) is 13.7. The van der Waals surface area contributed by atoms with Crippen LogP contribution in [-0.4, -0.2) is 26.9 Å². The van der Waals surface area contributed by atoms with E-state index in [1.54, 1.807) is 0 Å². The first-order valence-electron chi connectivity index (χ1n) is 9.32. The minimum atomic E-state index is 0.277. The number of aromatic nitrogens is 3. The summed E-state index contributed by atoms with van der Waals surface area (Å²) in [6, 6.07) is 4.31. The fourth-order valence-corrected chi connectivity index (χ4v) is 7.40. The van der Waals surface area contributed by atoms with Gasteiger partial charge in [0.15, 0.2) is 5.88 Å². The van der Waals surface area contributed by atoms with Crippen LogP contribution in [0.4, 0.5) is 0 Å². The van der Waals surface area contributed by atoms with Gasteiger partial charge >= 0.3 is 0 Å². The lowest BCUT2D eigenvalue weighted by molar-refractivity contribution is -0.0502. The first kappa shape index (κ1) is 15.1. The summed E-state index contributed by atoms with van der Waals surface area (Å²) in [6.07, 6.45) is 10.7. The summed E-state index contributed by atoms with van der Waals surface area (Å²) < 4.78 is 2.28. The summed E-state index contributed by atoms with van der Waals surface area (Å²) >= 11 is 0. The van der Waals surface area contributed by atoms with E-state index in [0.717, 1.165) is 35.9 Å². The molecule has 2 aromatic rings. The molecular formula is C19H27N4S+. The van der Waals surface area contributed by atoms with Crippen molar-refractivity contribution in [1.82, 2.24) is 19.9 Å². The van der Waals surface area contributed by atoms with Gasteiger partial charge in [0.2, 0.25) is 0 Å². The minimum Gasteiger partial charge on any atom is -0.254 e. The van der Waals surface area contributed by atoms with Gasteiger partial charge in [0.1, 0.15) is 10.8 Å². The second-order valence-corrected chi connectivity index (χ2v) is 10.3. The average molecular weight is 344 g/mol. The van der Waals surface area contributed by atoms with Crippen LogP contribution in [0.5, 0.6) is 0 Å². The molecule has 0 radical (unpaired) electrons. The van der Waals surface area contributed by atoms with E-state index >= 15 is 0 Å². The fraction of sp³-hybridized carbons (Fsp3) is 0.684. The highest BCUT2D eigenvalue weighted by Crippen LogP contribution is 2.58. The summed E-state index contributed by atoms with van der Waals surface area (Å²) in [4.78, 5) is 2.37. The van der Waals surface area contributed by atoms with Gasteiger partial charge in [-0.1, -0.05) is 5.21 Å². The van der Waals surface area contributed by atoms with Crippen LogP contribution in [0.15, 0.2) is 29.1 Å². The van der Waals surface area contributed by atoms with Crippen LogP contribution in [0.1, 0.15) is 44.2 Å². The van der Waals surface area contributed by atoms with Crippen LogP contribution in [-0.2, 0) is 18.0 Å². The van der Waals surface area contributed by atoms with Gasteiger partial charge < -0.3 is 0 Å². The normalized spacial score (nSPS) is 34.3. The second kappa shape index (κ2) is 5.67. The molecule has 0 saturated heterocycles. The lowest BCUT2D eigenvalue weighted by Gasteiger charge is -2.56. The molecule has 4 fully saturated rings. The monoisotopic (exact) mass is 343 g/mol. The molecule has 0 N–H and O–H groups in total. The molecule has 4 bridgehead atoms. The molecule has 4 nitrogen and oxygen atoms in total. The molecule has 4 aliphatic carbocycles. The molecule has 0 amide bonds. The van der Waals surface area contributed by atoms with Crippen molar-refractivity contribution in [3.8, 4) is 0 Å². The van der Waals surface area contributed by atoms with Gasteiger partial charge in [-0.25, -0.2) is 4.68 Å². The van der Waals surface area contributed by atoms with Crippen molar-refractivity contribution in [2.75, 3.05) is 7.05 Å². The number of hydrogen-bond donors (Lipinski definition) is 0. The smallest absolute Gasteiger partial charge is 0.182 e. The van der Waals surface area contributed by atoms with Gasteiger partial charge in [-0.15, -0.1) is 5.10 Å². The highest BCUT2D eigenvalue weighted by atomic mass is 32.2. The Kier molecular flexibility index (Phi) is 3.56. The molecule has 2 aromatic heterocycles. The van der Waals surface area contributed by atoms with Gasteiger partial charge in [0.25, 0.3) is 0 Å². The van der Waals surface area contributed by atoms with E-state index in [1.807, 2.05) is 0 Å². The van der Waals surface area contributed by atoms with Gasteiger partial charge in [-0.2, -0.15) is 0 Å². The Morgan fingerprint density at radius 2 is 1.75 bits per heavy atom. The molecule has 24 heavy (non-hydrogen) atoms. The molecule has 4 saturated carbocycles. The Morgan fingerprint density at radius 3 is 2.38 bits per heavy atom. The van der Waals surface area contributed by atoms with Gasteiger partial charge in [-0.3, -0.25) is 4.90 Å². The highest BCUT2D eigenvalue weighted by molar-refractivity contribution is 7.27. The second-order valence-electron chi connectivity index (χ2n) is 8.57. The molecule has 2 heterocycles. The summed E-state index contributed by atoms with van der Waals surface area (Å²) in [5.74, 6) is 3.94. The summed E-state index contributed by atoms with van der Waals surface area (Å²) in [6.45, 7) is 0.900. The van der Waals surface area contributed by atoms with Crippen molar-refractivity contribution in [1.29, 1.82) is 0 Å². The highest BCUT2D eigenvalue weighted by Gasteiger charge is 2.52. The number of hydrogen-bond acceptors (Lipinski definition) is 3. The predicted molar refractivity (Wildman–Crippen MR) is 96.6 cm³/mol. The van der Waals surface area contributed by atoms with Crippen molar-refractivity contribution in [2.45, 2.75) is 56.5 Å². The molecule has 5 heteroatoms. The SMILES string of the molecule is CN(Cc1cn(C23CC4CC(CC(C4)C2)C3)nn1)C[s+]1cccc1. The molecule has 4 aliphatic rings. The van der Waals surface area contributed by atoms with Crippen LogP contribution in [0, 0.1) is 17.8 Å². The molecule has 0 aromatic carbocycles. The Labute approximate surface area is 146 Å². The van der Waals surface area contributed by atoms with Crippen molar-refractivity contribution >= 4 is 10.5 Å². The number of thiophene rings is 1. The number of nitrogens with zero attached hydrogens (tertiary/aromatic N) is 4. The van der Waals surface area contributed by atoms with Gasteiger partial charge in [-0.05, 0) is 85.9 Å². The molecule has 0 unspecified atom stereocenters. The summed E-state index contributed by atoms with van der Waals surface area (Å²) in [7, 11) is 2.47. The van der Waals surface area contributed by atoms with E-state index in [1.165, 1.54) is 38.5 Å². The van der Waals surface area contributed by atoms with E-state index in [-0.39, 0.29) is 10.5 Å². The van der Waals surface area contributed by atoms with Crippen LogP contribution in [0.2, 0.25) is 0 Å². The van der Waals surface area contributed by atoms with Crippen LogP contribution < -0.4 is 0 Å². The first-order valence-corrected chi connectivity index (χ1v) is 10.8. The maximum Gasteiger partial charge on any atom is 0.182 e. The molecular weight excluding hydrogens is 316 g/mol. The maximum atomic E-state index is 4.61. The largest absolute Gasteiger partial charge is 0.254 e. The summed E-state index contributed by atoms with van der Waals surface area (Å²) in [5.41, 5.74) is 1.43. The minimum absolute atomic E-state index is 0.277. The molecule has 0 spiro atoms. The predicted octanol–water partition coefficient (Wildman–Crippen LogP) is 4.04. The standard InChI is InChI=1S/C19H27N4S/c1-22(14-24-4-2-3-5-24)12-18-13-23(21-20-18)19-9-15-6-16(10-19)8-17(7-15)11-19/h2-5,13,15-17H,6-12,14H2,1H3/q+1. The zero-order chi connectivity index (χ0) is 16.1. The third-order valence-corrected chi connectivity index (χ3v) is 8.20. The lowest BCUT2D eigenvalue weighted by Crippen LogP contribution is -2.52. The number of rotatable bonds is 5. The Balaban J connectivity index is 1.31. The Bertz CT molecular complexity index is 670. The molecule has 0 atom stereocenters. The van der Waals surface area contributed by atoms with Crippen molar-refractivity contribution < 1.29 is 0 Å². The first-order chi connectivity index (χ1) is 11.7. The van der Waals surface area contributed by atoms with E-state index in [2.05, 4.69) is 56.0 Å². The zero-order valence-corrected chi connectivity index (χ0v) is 15.3. The zero-order valence-electron chi connectivity index (χ0n) is 14.5. The molecule has 6 rings (SSSR count). The third-order valence-electron chi connectivity index (χ3n) is 6.45. The van der Waals surface area contributed by atoms with Crippen LogP contribution in [0.3, 0.4) is 0 Å². The van der Waals surface area contributed by atoms with Crippen LogP contribution in [0.25, 0.3) is 0 Å². The van der Waals surface area contributed by atoms with Gasteiger partial charge in [0, 0.05) is 6.54 Å². The van der Waals surface area contributed by atoms with Crippen molar-refractivity contribution in [3.63, 3.8) is 0 Å². The van der Waals surface area contributed by atoms with Crippen molar-refractivity contribution in [3.05, 3.63) is 34.8 Å². The van der Waals surface area contributed by atoms with Crippen molar-refractivity contribution in [2.24, 2.45) is 17.8 Å². The average Bonchev–Trinajstić information content (AvgIpc) is 3.18. The van der Waals surface area contributed by atoms with E-state index in [9.17, 15) is 0 Å². The fourth-order valence-electron chi connectivity index (χ4n) is 5.95. The molecule has 0 aliphatic heterocycles. The van der Waals surface area contributed by atoms with E-state index in [0.29, 0.717) is 5.54 Å². The van der Waals surface area contributed by atoms with Crippen LogP contribution >= 0.6 is 10.5 Å². The Hall–Kier alpha value is -1.20. The maximum absolute atomic E-state index is 4.61. The van der Waals surface area contributed by atoms with E-state index < -0.39 is 0 Å².